The molecule has 2 heterocycles. The third-order valence-electron chi connectivity index (χ3n) is 16.4. The van der Waals surface area contributed by atoms with E-state index in [1.54, 1.807) is 40.7 Å². The Bertz CT molecular complexity index is 2360. The van der Waals surface area contributed by atoms with Gasteiger partial charge in [0, 0.05) is 55.3 Å². The maximum atomic E-state index is 15.1. The van der Waals surface area contributed by atoms with Gasteiger partial charge in [-0.3, -0.25) is 52.7 Å². The van der Waals surface area contributed by atoms with Crippen molar-refractivity contribution < 1.29 is 57.5 Å². The second kappa shape index (κ2) is 32.3. The maximum absolute atomic E-state index is 15.1. The molecule has 0 radical (unpaired) electrons. The molecule has 84 heavy (non-hydrogen) atoms. The lowest BCUT2D eigenvalue weighted by atomic mass is 9.93. The highest BCUT2D eigenvalue weighted by atomic mass is 16.5. The lowest BCUT2D eigenvalue weighted by molar-refractivity contribution is -0.157. The van der Waals surface area contributed by atoms with E-state index in [0.29, 0.717) is 0 Å². The molecule has 11 amide bonds. The minimum Gasteiger partial charge on any atom is -0.495 e. The first-order chi connectivity index (χ1) is 38.8. The van der Waals surface area contributed by atoms with E-state index in [1.807, 2.05) is 62.3 Å². The Morgan fingerprint density at radius 3 is 1.26 bits per heavy atom. The number of nitrogens with zero attached hydrogens (tertiary/aromatic N) is 7. The van der Waals surface area contributed by atoms with Crippen LogP contribution in [0.3, 0.4) is 0 Å². The second-order valence-electron chi connectivity index (χ2n) is 26.0. The molecule has 0 saturated carbocycles. The van der Waals surface area contributed by atoms with Gasteiger partial charge in [0.15, 0.2) is 0 Å². The molecule has 0 aromatic rings. The highest BCUT2D eigenvalue weighted by Crippen LogP contribution is 2.28. The summed E-state index contributed by atoms with van der Waals surface area (Å²) in [5.41, 5.74) is 0. The smallest absolute Gasteiger partial charge is 0.247 e. The highest BCUT2D eigenvalue weighted by molar-refractivity contribution is 6.00. The van der Waals surface area contributed by atoms with Crippen molar-refractivity contribution in [3.05, 3.63) is 12.3 Å². The summed E-state index contributed by atoms with van der Waals surface area (Å²) in [5.74, 6) is -8.98. The highest BCUT2D eigenvalue weighted by Gasteiger charge is 2.47. The van der Waals surface area contributed by atoms with Crippen LogP contribution in [0.2, 0.25) is 0 Å². The molecule has 4 N–H and O–H groups in total. The first kappa shape index (κ1) is 73.8. The summed E-state index contributed by atoms with van der Waals surface area (Å²) in [6.45, 7) is 29.9. The predicted molar refractivity (Wildman–Crippen MR) is 322 cm³/mol. The van der Waals surface area contributed by atoms with Crippen LogP contribution >= 0.6 is 0 Å². The van der Waals surface area contributed by atoms with Crippen LogP contribution in [0.4, 0.5) is 0 Å². The Hall–Kier alpha value is -6.29. The quantitative estimate of drug-likeness (QED) is 0.220. The number of hydrogen-bond donors (Lipinski definition) is 4. The van der Waals surface area contributed by atoms with E-state index in [-0.39, 0.29) is 55.8 Å². The van der Waals surface area contributed by atoms with Gasteiger partial charge in [-0.05, 0) is 94.5 Å². The molecule has 0 aliphatic carbocycles. The van der Waals surface area contributed by atoms with Crippen molar-refractivity contribution in [2.75, 3.05) is 49.3 Å². The van der Waals surface area contributed by atoms with E-state index < -0.39 is 155 Å². The number of rotatable bonds is 12. The normalized spacial score (nSPS) is 29.5. The minimum absolute atomic E-state index is 0.0663. The van der Waals surface area contributed by atoms with Gasteiger partial charge >= 0.3 is 0 Å². The Kier molecular flexibility index (Phi) is 28.4. The number of ether oxygens (including phenoxy) is 1. The Balaban J connectivity index is 2.95. The summed E-state index contributed by atoms with van der Waals surface area (Å²) in [5, 5.41) is 11.1. The van der Waals surface area contributed by atoms with E-state index in [9.17, 15) is 43.2 Å². The summed E-state index contributed by atoms with van der Waals surface area (Å²) in [7, 11) is 10.1. The number of amides is 11. The van der Waals surface area contributed by atoms with Crippen LogP contribution in [0, 0.1) is 41.4 Å². The molecule has 0 unspecified atom stereocenters. The average Bonchev–Trinajstić information content (AvgIpc) is 2.83. The van der Waals surface area contributed by atoms with Crippen molar-refractivity contribution in [1.82, 2.24) is 55.6 Å². The largest absolute Gasteiger partial charge is 0.495 e. The molecule has 0 aromatic heterocycles. The fourth-order valence-corrected chi connectivity index (χ4v) is 10.9. The summed E-state index contributed by atoms with van der Waals surface area (Å²) in [6.07, 6.45) is 2.99. The van der Waals surface area contributed by atoms with Gasteiger partial charge in [0.2, 0.25) is 65.0 Å². The van der Waals surface area contributed by atoms with Crippen LogP contribution < -0.4 is 21.3 Å². The van der Waals surface area contributed by atoms with E-state index in [2.05, 4.69) is 21.3 Å². The lowest BCUT2D eigenvalue weighted by Gasteiger charge is -2.41. The van der Waals surface area contributed by atoms with Gasteiger partial charge < -0.3 is 60.3 Å². The zero-order valence-corrected chi connectivity index (χ0v) is 55.2. The van der Waals surface area contributed by atoms with Crippen LogP contribution in [0.5, 0.6) is 0 Å². The number of hydrogen-bond acceptors (Lipinski definition) is 12. The van der Waals surface area contributed by atoms with Crippen LogP contribution in [-0.4, -0.2) is 221 Å². The fourth-order valence-electron chi connectivity index (χ4n) is 10.9. The zero-order valence-electron chi connectivity index (χ0n) is 55.2. The molecule has 1 fully saturated rings. The first-order valence-electron chi connectivity index (χ1n) is 30.2. The molecule has 0 spiro atoms. The third kappa shape index (κ3) is 18.9. The van der Waals surface area contributed by atoms with E-state index >= 15 is 9.59 Å². The van der Waals surface area contributed by atoms with Gasteiger partial charge in [-0.1, -0.05) is 96.9 Å². The Morgan fingerprint density at radius 1 is 0.417 bits per heavy atom. The van der Waals surface area contributed by atoms with Crippen LogP contribution in [0.1, 0.15) is 150 Å². The summed E-state index contributed by atoms with van der Waals surface area (Å²) < 4.78 is 5.99. The molecular weight excluding hydrogens is 1080 g/mol. The molecule has 478 valence electrons. The molecule has 13 atom stereocenters. The van der Waals surface area contributed by atoms with Gasteiger partial charge in [-0.2, -0.15) is 0 Å². The van der Waals surface area contributed by atoms with Crippen molar-refractivity contribution in [3.63, 3.8) is 0 Å². The van der Waals surface area contributed by atoms with E-state index in [4.69, 9.17) is 4.74 Å². The maximum Gasteiger partial charge on any atom is 0.247 e. The second-order valence-corrected chi connectivity index (χ2v) is 26.0. The SMILES string of the molecule is CC[C@@H]1NC(=O)[C@H]([C@@H]2OC=C[C@H]2C)N(C)C(=O)[C@H](C(C)C)N(C)C(=O)[C@H](CC(C)C)N(C)C(=O)[C@H](CC(C)C)N(C)C(=O)[C@@H](C)NC(=O)[C@H](C)NC(=O)[C@H](CC(C)C)N(C)C(=O)[C@H](C(C)C)NC(=O)[C@H](CC(C)C)N(C)C(=O)[C@@H](C)N(C)C1=O. The molecule has 0 bridgehead atoms. The van der Waals surface area contributed by atoms with Gasteiger partial charge in [0.1, 0.15) is 72.6 Å². The van der Waals surface area contributed by atoms with Crippen molar-refractivity contribution in [1.29, 1.82) is 0 Å². The standard InChI is InChI=1S/C61H107N11O12/c1-25-42-57(79)66(18)41(17)56(78)67(19)44(29-33(4)5)53(75)65-47(36(10)11)60(82)68(20)43(28-32(2)3)52(74)62-39(15)51(73)63-40(16)55(77)69(21)45(30-34(6)7)58(80)70(22)46(31-35(8)9)59(81)71(23)48(37(12)13)61(83)72(24)49(54(76)64-42)50-38(14)26-27-84-50/h26-27,32-50H,25,28-31H2,1-24H3,(H,62,74)(H,63,73)(H,64,76)(H,65,75)/t38-,39+,40-,41-,42+,43+,44+,45+,46+,47+,48+,49+,50-/m1/s1. The Morgan fingerprint density at radius 2 is 0.833 bits per heavy atom. The molecule has 23 heteroatoms. The summed E-state index contributed by atoms with van der Waals surface area (Å²) >= 11 is 0. The summed E-state index contributed by atoms with van der Waals surface area (Å²) in [6, 6.07) is -13.0. The van der Waals surface area contributed by atoms with Crippen LogP contribution in [0.15, 0.2) is 12.3 Å². The molecule has 0 aromatic carbocycles. The third-order valence-corrected chi connectivity index (χ3v) is 16.4. The van der Waals surface area contributed by atoms with Gasteiger partial charge in [-0.15, -0.1) is 0 Å². The number of likely N-dealkylation sites (N-methyl/N-ethyl adjacent to an activating group) is 7. The predicted octanol–water partition coefficient (Wildman–Crippen LogP) is 3.24. The molecule has 23 nitrogen and oxygen atoms in total. The zero-order chi connectivity index (χ0) is 64.8. The molecule has 2 aliphatic heterocycles. The topological polar surface area (TPSA) is 268 Å². The van der Waals surface area contributed by atoms with Gasteiger partial charge in [0.25, 0.3) is 0 Å². The molecule has 1 saturated heterocycles. The number of nitrogens with one attached hydrogen (secondary N) is 4. The monoisotopic (exact) mass is 1190 g/mol. The number of carbonyl (C=O) groups is 11. The summed E-state index contributed by atoms with van der Waals surface area (Å²) in [4.78, 5) is 170. The van der Waals surface area contributed by atoms with Crippen molar-refractivity contribution in [2.24, 2.45) is 41.4 Å². The van der Waals surface area contributed by atoms with E-state index in [1.165, 1.54) is 111 Å². The molecule has 2 aliphatic rings. The van der Waals surface area contributed by atoms with E-state index in [0.717, 1.165) is 0 Å². The van der Waals surface area contributed by atoms with Crippen LogP contribution in [0.25, 0.3) is 0 Å². The van der Waals surface area contributed by atoms with Crippen LogP contribution in [-0.2, 0) is 57.5 Å². The number of carbonyl (C=O) groups excluding carboxylic acids is 11. The fraction of sp³-hybridized carbons (Fsp3) is 0.787. The lowest BCUT2D eigenvalue weighted by Crippen LogP contribution is -2.63. The van der Waals surface area contributed by atoms with Crippen molar-refractivity contribution in [2.45, 2.75) is 222 Å². The van der Waals surface area contributed by atoms with Gasteiger partial charge in [0.05, 0.1) is 6.26 Å². The minimum atomic E-state index is -1.35. The molecule has 2 rings (SSSR count). The van der Waals surface area contributed by atoms with Gasteiger partial charge in [-0.25, -0.2) is 0 Å². The van der Waals surface area contributed by atoms with Crippen molar-refractivity contribution in [3.8, 4) is 0 Å². The van der Waals surface area contributed by atoms with Crippen molar-refractivity contribution >= 4 is 65.0 Å². The first-order valence-corrected chi connectivity index (χ1v) is 30.2. The Labute approximate surface area is 501 Å². The average molecular weight is 1190 g/mol. The molecular formula is C61H107N11O12.